The van der Waals surface area contributed by atoms with Gasteiger partial charge in [0.25, 0.3) is 0 Å². The molecule has 0 radical (unpaired) electrons. The predicted octanol–water partition coefficient (Wildman–Crippen LogP) is 2.51. The fourth-order valence-electron chi connectivity index (χ4n) is 1.93. The molecule has 1 fully saturated rings. The summed E-state index contributed by atoms with van der Waals surface area (Å²) in [6.07, 6.45) is 0.603. The van der Waals surface area contributed by atoms with Crippen molar-refractivity contribution in [1.29, 1.82) is 0 Å². The number of aliphatic hydroxyl groups excluding tert-OH is 1. The van der Waals surface area contributed by atoms with Crippen molar-refractivity contribution in [2.24, 2.45) is 5.92 Å². The fourth-order valence-corrected chi connectivity index (χ4v) is 2.66. The van der Waals surface area contributed by atoms with Gasteiger partial charge in [-0.25, -0.2) is 0 Å². The van der Waals surface area contributed by atoms with Crippen LogP contribution in [0.5, 0.6) is 0 Å². The van der Waals surface area contributed by atoms with E-state index in [4.69, 9.17) is 4.74 Å². The largest absolute Gasteiger partial charge is 0.386 e. The van der Waals surface area contributed by atoms with E-state index < -0.39 is 6.10 Å². The van der Waals surface area contributed by atoms with Crippen LogP contribution in [0.15, 0.2) is 11.4 Å². The molecule has 3 atom stereocenters. The van der Waals surface area contributed by atoms with Gasteiger partial charge in [0.05, 0.1) is 6.10 Å². The predicted molar refractivity (Wildman–Crippen MR) is 57.5 cm³/mol. The highest BCUT2D eigenvalue weighted by Crippen LogP contribution is 2.32. The zero-order valence-electron chi connectivity index (χ0n) is 8.56. The lowest BCUT2D eigenvalue weighted by Gasteiger charge is -2.20. The summed E-state index contributed by atoms with van der Waals surface area (Å²) in [5.74, 6) is 0.463. The Hall–Kier alpha value is -0.380. The number of rotatable bonds is 2. The second-order valence-electron chi connectivity index (χ2n) is 4.04. The van der Waals surface area contributed by atoms with E-state index in [2.05, 4.69) is 13.8 Å². The molecule has 0 bridgehead atoms. The number of ether oxygens (including phenoxy) is 1. The van der Waals surface area contributed by atoms with Gasteiger partial charge in [0.1, 0.15) is 6.10 Å². The summed E-state index contributed by atoms with van der Waals surface area (Å²) in [6.45, 7) is 4.98. The highest BCUT2D eigenvalue weighted by Gasteiger charge is 2.31. The Labute approximate surface area is 88.5 Å². The van der Waals surface area contributed by atoms with Gasteiger partial charge >= 0.3 is 0 Å². The van der Waals surface area contributed by atoms with Gasteiger partial charge in [-0.3, -0.25) is 0 Å². The average molecular weight is 212 g/mol. The van der Waals surface area contributed by atoms with Gasteiger partial charge < -0.3 is 9.84 Å². The monoisotopic (exact) mass is 212 g/mol. The van der Waals surface area contributed by atoms with E-state index in [1.54, 1.807) is 11.3 Å². The van der Waals surface area contributed by atoms with Crippen molar-refractivity contribution >= 4 is 11.3 Å². The molecule has 1 aliphatic rings. The van der Waals surface area contributed by atoms with Gasteiger partial charge in [0.15, 0.2) is 0 Å². The van der Waals surface area contributed by atoms with Crippen LogP contribution in [0.4, 0.5) is 0 Å². The summed E-state index contributed by atoms with van der Waals surface area (Å²) in [5, 5.41) is 12.1. The molecule has 2 rings (SSSR count). The quantitative estimate of drug-likeness (QED) is 0.816. The van der Waals surface area contributed by atoms with Gasteiger partial charge in [-0.15, -0.1) is 11.3 Å². The van der Waals surface area contributed by atoms with E-state index >= 15 is 0 Å². The maximum atomic E-state index is 10.1. The third-order valence-corrected chi connectivity index (χ3v) is 3.73. The van der Waals surface area contributed by atoms with E-state index in [1.165, 1.54) is 4.88 Å². The summed E-state index contributed by atoms with van der Waals surface area (Å²) >= 11 is 1.68. The van der Waals surface area contributed by atoms with Crippen molar-refractivity contribution in [3.63, 3.8) is 0 Å². The first kappa shape index (κ1) is 10.1. The molecule has 0 amide bonds. The molecular formula is C11H16O2S. The first-order valence-corrected chi connectivity index (χ1v) is 5.91. The standard InChI is InChI=1S/C11H16O2S/c1-7-3-4-13-11(7)10(12)9-5-8(2)14-6-9/h5-7,10-12H,3-4H2,1-2H3. The number of hydrogen-bond donors (Lipinski definition) is 1. The normalized spacial score (nSPS) is 29.4. The minimum atomic E-state index is -0.447. The third-order valence-electron chi connectivity index (χ3n) is 2.85. The Morgan fingerprint density at radius 2 is 2.43 bits per heavy atom. The number of aryl methyl sites for hydroxylation is 1. The summed E-state index contributed by atoms with van der Waals surface area (Å²) in [5.41, 5.74) is 1.01. The fraction of sp³-hybridized carbons (Fsp3) is 0.636. The zero-order chi connectivity index (χ0) is 10.1. The number of thiophene rings is 1. The van der Waals surface area contributed by atoms with E-state index in [0.29, 0.717) is 5.92 Å². The van der Waals surface area contributed by atoms with Gasteiger partial charge in [-0.1, -0.05) is 6.92 Å². The highest BCUT2D eigenvalue weighted by molar-refractivity contribution is 7.10. The summed E-state index contributed by atoms with van der Waals surface area (Å²) in [7, 11) is 0. The van der Waals surface area contributed by atoms with E-state index in [0.717, 1.165) is 18.6 Å². The van der Waals surface area contributed by atoms with Crippen LogP contribution in [0.2, 0.25) is 0 Å². The maximum Gasteiger partial charge on any atom is 0.106 e. The molecule has 0 saturated carbocycles. The second kappa shape index (κ2) is 4.01. The van der Waals surface area contributed by atoms with Crippen molar-refractivity contribution in [3.8, 4) is 0 Å². The molecule has 0 aliphatic carbocycles. The molecule has 1 aliphatic heterocycles. The minimum absolute atomic E-state index is 0.0102. The van der Waals surface area contributed by atoms with E-state index in [1.807, 2.05) is 11.4 Å². The van der Waals surface area contributed by atoms with Crippen LogP contribution in [0.1, 0.15) is 29.9 Å². The molecule has 1 aromatic rings. The van der Waals surface area contributed by atoms with Crippen LogP contribution in [0, 0.1) is 12.8 Å². The first-order chi connectivity index (χ1) is 6.68. The molecule has 0 spiro atoms. The molecular weight excluding hydrogens is 196 g/mol. The van der Waals surface area contributed by atoms with Crippen LogP contribution in [0.3, 0.4) is 0 Å². The lowest BCUT2D eigenvalue weighted by atomic mass is 9.96. The zero-order valence-corrected chi connectivity index (χ0v) is 9.38. The Kier molecular flexibility index (Phi) is 2.91. The summed E-state index contributed by atoms with van der Waals surface area (Å²) < 4.78 is 5.55. The Balaban J connectivity index is 2.11. The van der Waals surface area contributed by atoms with Crippen LogP contribution in [-0.2, 0) is 4.74 Å². The molecule has 14 heavy (non-hydrogen) atoms. The molecule has 1 saturated heterocycles. The Morgan fingerprint density at radius 1 is 1.64 bits per heavy atom. The van der Waals surface area contributed by atoms with Crippen molar-refractivity contribution in [3.05, 3.63) is 21.9 Å². The number of aliphatic hydroxyl groups is 1. The lowest BCUT2D eigenvalue weighted by Crippen LogP contribution is -2.22. The summed E-state index contributed by atoms with van der Waals surface area (Å²) in [6, 6.07) is 2.05. The molecule has 2 nitrogen and oxygen atoms in total. The minimum Gasteiger partial charge on any atom is -0.386 e. The smallest absolute Gasteiger partial charge is 0.106 e. The Bertz CT molecular complexity index is 308. The second-order valence-corrected chi connectivity index (χ2v) is 5.15. The topological polar surface area (TPSA) is 29.5 Å². The van der Waals surface area contributed by atoms with Crippen molar-refractivity contribution in [2.75, 3.05) is 6.61 Å². The van der Waals surface area contributed by atoms with Gasteiger partial charge in [0.2, 0.25) is 0 Å². The molecule has 1 N–H and O–H groups in total. The van der Waals surface area contributed by atoms with Gasteiger partial charge in [-0.05, 0) is 36.3 Å². The molecule has 3 unspecified atom stereocenters. The Morgan fingerprint density at radius 3 is 2.93 bits per heavy atom. The van der Waals surface area contributed by atoms with Crippen LogP contribution in [0.25, 0.3) is 0 Å². The number of hydrogen-bond acceptors (Lipinski definition) is 3. The van der Waals surface area contributed by atoms with Crippen molar-refractivity contribution in [2.45, 2.75) is 32.5 Å². The lowest BCUT2D eigenvalue weighted by molar-refractivity contribution is -0.0176. The van der Waals surface area contributed by atoms with E-state index in [-0.39, 0.29) is 6.10 Å². The average Bonchev–Trinajstić information content (AvgIpc) is 2.73. The molecule has 78 valence electrons. The SMILES string of the molecule is Cc1cc(C(O)C2OCCC2C)cs1. The van der Waals surface area contributed by atoms with Crippen LogP contribution in [-0.4, -0.2) is 17.8 Å². The molecule has 1 aromatic heterocycles. The van der Waals surface area contributed by atoms with Gasteiger partial charge in [-0.2, -0.15) is 0 Å². The highest BCUT2D eigenvalue weighted by atomic mass is 32.1. The van der Waals surface area contributed by atoms with Crippen molar-refractivity contribution in [1.82, 2.24) is 0 Å². The first-order valence-electron chi connectivity index (χ1n) is 5.03. The van der Waals surface area contributed by atoms with E-state index in [9.17, 15) is 5.11 Å². The van der Waals surface area contributed by atoms with Crippen LogP contribution < -0.4 is 0 Å². The molecule has 2 heterocycles. The van der Waals surface area contributed by atoms with Crippen LogP contribution >= 0.6 is 11.3 Å². The maximum absolute atomic E-state index is 10.1. The summed E-state index contributed by atoms with van der Waals surface area (Å²) in [4.78, 5) is 1.24. The van der Waals surface area contributed by atoms with Crippen molar-refractivity contribution < 1.29 is 9.84 Å². The van der Waals surface area contributed by atoms with Gasteiger partial charge in [0, 0.05) is 11.5 Å². The molecule has 0 aromatic carbocycles. The third kappa shape index (κ3) is 1.85. The molecule has 3 heteroatoms.